The van der Waals surface area contributed by atoms with E-state index < -0.39 is 0 Å². The Labute approximate surface area is 191 Å². The lowest BCUT2D eigenvalue weighted by atomic mass is 9.88. The lowest BCUT2D eigenvalue weighted by molar-refractivity contribution is -0.116. The first-order valence-corrected chi connectivity index (χ1v) is 11.5. The monoisotopic (exact) mass is 425 g/mol. The number of benzene rings is 3. The number of hydrogen-bond acceptors (Lipinski definition) is 2. The number of carbonyl (C=O) groups is 1. The molecule has 0 spiro atoms. The molecule has 3 aromatic rings. The lowest BCUT2D eigenvalue weighted by Gasteiger charge is -2.22. The molecule has 1 N–H and O–H groups in total. The third kappa shape index (κ3) is 5.11. The van der Waals surface area contributed by atoms with Gasteiger partial charge in [0.15, 0.2) is 0 Å². The van der Waals surface area contributed by atoms with Gasteiger partial charge < -0.3 is 10.1 Å². The Balaban J connectivity index is 1.62. The van der Waals surface area contributed by atoms with Gasteiger partial charge in [-0.3, -0.25) is 4.79 Å². The molecule has 1 atom stereocenters. The van der Waals surface area contributed by atoms with Crippen LogP contribution in [-0.2, 0) is 17.6 Å². The Bertz CT molecular complexity index is 1080. The van der Waals surface area contributed by atoms with Gasteiger partial charge >= 0.3 is 0 Å². The van der Waals surface area contributed by atoms with E-state index in [9.17, 15) is 4.79 Å². The second-order valence-corrected chi connectivity index (χ2v) is 8.37. The highest BCUT2D eigenvalue weighted by atomic mass is 16.5. The van der Waals surface area contributed by atoms with Crippen molar-refractivity contribution in [2.24, 2.45) is 0 Å². The summed E-state index contributed by atoms with van der Waals surface area (Å²) in [4.78, 5) is 13.5. The Kier molecular flexibility index (Phi) is 7.06. The summed E-state index contributed by atoms with van der Waals surface area (Å²) in [6, 6.07) is 24.3. The van der Waals surface area contributed by atoms with Crippen LogP contribution in [-0.4, -0.2) is 13.0 Å². The van der Waals surface area contributed by atoms with Crippen molar-refractivity contribution in [3.8, 4) is 5.75 Å². The highest BCUT2D eigenvalue weighted by Gasteiger charge is 2.19. The van der Waals surface area contributed by atoms with E-state index in [0.717, 1.165) is 29.7 Å². The number of fused-ring (bicyclic) bond motifs is 1. The van der Waals surface area contributed by atoms with Gasteiger partial charge in [0, 0.05) is 5.57 Å². The molecule has 4 rings (SSSR count). The summed E-state index contributed by atoms with van der Waals surface area (Å²) in [5.41, 5.74) is 6.62. The van der Waals surface area contributed by atoms with Gasteiger partial charge in [-0.15, -0.1) is 0 Å². The minimum atomic E-state index is -0.0587. The van der Waals surface area contributed by atoms with E-state index in [0.29, 0.717) is 5.57 Å². The maximum atomic E-state index is 13.5. The summed E-state index contributed by atoms with van der Waals surface area (Å²) < 4.78 is 5.26. The minimum Gasteiger partial charge on any atom is -0.497 e. The van der Waals surface area contributed by atoms with Crippen LogP contribution in [0.2, 0.25) is 0 Å². The first kappa shape index (κ1) is 21.9. The van der Waals surface area contributed by atoms with Crippen molar-refractivity contribution in [1.82, 2.24) is 5.32 Å². The molecule has 164 valence electrons. The van der Waals surface area contributed by atoms with Crippen molar-refractivity contribution in [3.63, 3.8) is 0 Å². The first-order valence-electron chi connectivity index (χ1n) is 11.5. The topological polar surface area (TPSA) is 38.3 Å². The van der Waals surface area contributed by atoms with E-state index in [2.05, 4.69) is 30.4 Å². The van der Waals surface area contributed by atoms with Crippen LogP contribution in [0.3, 0.4) is 0 Å². The van der Waals surface area contributed by atoms with Crippen LogP contribution in [0, 0.1) is 0 Å². The number of aryl methyl sites for hydroxylation is 2. The van der Waals surface area contributed by atoms with Crippen LogP contribution >= 0.6 is 0 Å². The zero-order valence-corrected chi connectivity index (χ0v) is 18.9. The van der Waals surface area contributed by atoms with E-state index in [-0.39, 0.29) is 11.9 Å². The van der Waals surface area contributed by atoms with Crippen molar-refractivity contribution in [3.05, 3.63) is 101 Å². The molecule has 0 saturated carbocycles. The number of nitrogens with one attached hydrogen (secondary N) is 1. The van der Waals surface area contributed by atoms with Gasteiger partial charge in [-0.25, -0.2) is 0 Å². The average Bonchev–Trinajstić information content (AvgIpc) is 2.86. The normalized spacial score (nSPS) is 14.4. The van der Waals surface area contributed by atoms with Crippen LogP contribution < -0.4 is 10.1 Å². The number of amides is 1. The number of rotatable bonds is 7. The van der Waals surface area contributed by atoms with E-state index in [1.54, 1.807) is 7.11 Å². The fraction of sp³-hybridized carbons (Fsp3) is 0.276. The summed E-state index contributed by atoms with van der Waals surface area (Å²) in [7, 11) is 1.65. The molecular weight excluding hydrogens is 394 g/mol. The smallest absolute Gasteiger partial charge is 0.252 e. The van der Waals surface area contributed by atoms with Gasteiger partial charge in [-0.1, -0.05) is 67.6 Å². The highest BCUT2D eigenvalue weighted by Crippen LogP contribution is 2.27. The first-order chi connectivity index (χ1) is 15.7. The van der Waals surface area contributed by atoms with Gasteiger partial charge in [-0.2, -0.15) is 0 Å². The zero-order valence-electron chi connectivity index (χ0n) is 18.9. The van der Waals surface area contributed by atoms with Gasteiger partial charge in [0.25, 0.3) is 5.91 Å². The third-order valence-corrected chi connectivity index (χ3v) is 6.24. The summed E-state index contributed by atoms with van der Waals surface area (Å²) in [5, 5.41) is 3.30. The predicted octanol–water partition coefficient (Wildman–Crippen LogP) is 6.38. The van der Waals surface area contributed by atoms with Crippen LogP contribution in [0.4, 0.5) is 0 Å². The molecule has 0 bridgehead atoms. The average molecular weight is 426 g/mol. The van der Waals surface area contributed by atoms with Crippen molar-refractivity contribution in [2.75, 3.05) is 7.11 Å². The molecule has 0 fully saturated rings. The lowest BCUT2D eigenvalue weighted by Crippen LogP contribution is -2.29. The summed E-state index contributed by atoms with van der Waals surface area (Å²) in [6.45, 7) is 2.12. The van der Waals surface area contributed by atoms with Crippen molar-refractivity contribution >= 4 is 17.6 Å². The largest absolute Gasteiger partial charge is 0.497 e. The molecule has 3 nitrogen and oxygen atoms in total. The van der Waals surface area contributed by atoms with Crippen LogP contribution in [0.15, 0.2) is 72.8 Å². The molecule has 3 heteroatoms. The van der Waals surface area contributed by atoms with E-state index >= 15 is 0 Å². The van der Waals surface area contributed by atoms with Crippen molar-refractivity contribution in [2.45, 2.75) is 45.1 Å². The van der Waals surface area contributed by atoms with E-state index in [1.165, 1.54) is 36.0 Å². The molecular formula is C29H31NO2. The highest BCUT2D eigenvalue weighted by molar-refractivity contribution is 6.24. The molecule has 1 aliphatic carbocycles. The molecule has 0 saturated heterocycles. The molecule has 1 unspecified atom stereocenters. The summed E-state index contributed by atoms with van der Waals surface area (Å²) in [6.07, 6.45) is 7.62. The number of methoxy groups -OCH3 is 1. The fourth-order valence-corrected chi connectivity index (χ4v) is 4.39. The molecule has 0 aliphatic heterocycles. The molecule has 1 aliphatic rings. The third-order valence-electron chi connectivity index (χ3n) is 6.24. The van der Waals surface area contributed by atoms with Crippen LogP contribution in [0.25, 0.3) is 11.6 Å². The van der Waals surface area contributed by atoms with Crippen LogP contribution in [0.5, 0.6) is 5.75 Å². The van der Waals surface area contributed by atoms with Crippen molar-refractivity contribution in [1.29, 1.82) is 0 Å². The second kappa shape index (κ2) is 10.3. The van der Waals surface area contributed by atoms with Gasteiger partial charge in [0.2, 0.25) is 0 Å². The maximum Gasteiger partial charge on any atom is 0.252 e. The van der Waals surface area contributed by atoms with Gasteiger partial charge in [0.05, 0.1) is 13.2 Å². The Morgan fingerprint density at radius 2 is 1.69 bits per heavy atom. The number of ether oxygens (including phenoxy) is 1. The zero-order chi connectivity index (χ0) is 22.3. The molecule has 1 amide bonds. The molecule has 3 aromatic carbocycles. The number of hydrogen-bond donors (Lipinski definition) is 1. The van der Waals surface area contributed by atoms with E-state index in [1.807, 2.05) is 60.7 Å². The van der Waals surface area contributed by atoms with Gasteiger partial charge in [-0.05, 0) is 78.1 Å². The summed E-state index contributed by atoms with van der Waals surface area (Å²) in [5.74, 6) is 0.739. The predicted molar refractivity (Wildman–Crippen MR) is 132 cm³/mol. The minimum absolute atomic E-state index is 0.0160. The van der Waals surface area contributed by atoms with Crippen LogP contribution in [0.1, 0.15) is 60.0 Å². The Morgan fingerprint density at radius 1 is 0.969 bits per heavy atom. The Morgan fingerprint density at radius 3 is 2.38 bits per heavy atom. The van der Waals surface area contributed by atoms with Crippen molar-refractivity contribution < 1.29 is 9.53 Å². The van der Waals surface area contributed by atoms with E-state index in [4.69, 9.17) is 4.74 Å². The standard InChI is InChI=1S/C29H31NO2/c1-3-28(25-16-15-22-9-7-8-12-24(22)20-25)30-29(31)27(23-10-5-4-6-11-23)19-21-13-17-26(32-2)18-14-21/h4-6,10-11,13-20,28H,3,7-9,12H2,1-2H3,(H,30,31)/b27-19+. The van der Waals surface area contributed by atoms with Gasteiger partial charge in [0.1, 0.15) is 5.75 Å². The molecule has 0 heterocycles. The molecule has 0 aromatic heterocycles. The maximum absolute atomic E-state index is 13.5. The molecule has 32 heavy (non-hydrogen) atoms. The second-order valence-electron chi connectivity index (χ2n) is 8.37. The summed E-state index contributed by atoms with van der Waals surface area (Å²) >= 11 is 0. The fourth-order valence-electron chi connectivity index (χ4n) is 4.39. The SMILES string of the molecule is CCC(NC(=O)/C(=C/c1ccc(OC)cc1)c1ccccc1)c1ccc2c(c1)CCCC2. The number of carbonyl (C=O) groups excluding carboxylic acids is 1. The quantitative estimate of drug-likeness (QED) is 0.352. The molecule has 0 radical (unpaired) electrons. The Hall–Kier alpha value is -3.33.